The minimum absolute atomic E-state index is 0. The molecule has 126 valence electrons. The molecule has 0 aliphatic rings. The lowest BCUT2D eigenvalue weighted by Gasteiger charge is -2.22. The van der Waals surface area contributed by atoms with Crippen molar-refractivity contribution in [2.75, 3.05) is 20.7 Å². The van der Waals surface area contributed by atoms with E-state index in [1.165, 1.54) is 5.56 Å². The van der Waals surface area contributed by atoms with Gasteiger partial charge in [-0.1, -0.05) is 17.3 Å². The second-order valence-corrected chi connectivity index (χ2v) is 4.87. The number of nitrogens with zero attached hydrogens (tertiary/aromatic N) is 3. The summed E-state index contributed by atoms with van der Waals surface area (Å²) in [6, 6.07) is 9.84. The number of guanidine groups is 1. The van der Waals surface area contributed by atoms with Crippen molar-refractivity contribution in [3.8, 4) is 5.75 Å². The smallest absolute Gasteiger partial charge is 0.194 e. The fourth-order valence-corrected chi connectivity index (χ4v) is 2.02. The lowest BCUT2D eigenvalue weighted by atomic mass is 10.2. The summed E-state index contributed by atoms with van der Waals surface area (Å²) in [5.41, 5.74) is 2.00. The van der Waals surface area contributed by atoms with Crippen molar-refractivity contribution in [3.05, 3.63) is 47.9 Å². The molecule has 6 nitrogen and oxygen atoms in total. The maximum Gasteiger partial charge on any atom is 0.194 e. The Morgan fingerprint density at radius 1 is 1.30 bits per heavy atom. The van der Waals surface area contributed by atoms with Gasteiger partial charge in [0.2, 0.25) is 0 Å². The number of aliphatic imine (C=N–C) groups is 1. The minimum Gasteiger partial charge on any atom is -0.497 e. The van der Waals surface area contributed by atoms with Crippen LogP contribution in [-0.2, 0) is 13.1 Å². The lowest BCUT2D eigenvalue weighted by molar-refractivity contribution is 0.411. The highest BCUT2D eigenvalue weighted by molar-refractivity contribution is 14.0. The molecule has 23 heavy (non-hydrogen) atoms. The molecule has 0 amide bonds. The first-order valence-electron chi connectivity index (χ1n) is 7.24. The van der Waals surface area contributed by atoms with Crippen LogP contribution in [0.25, 0.3) is 0 Å². The fourth-order valence-electron chi connectivity index (χ4n) is 2.02. The predicted octanol–water partition coefficient (Wildman–Crippen LogP) is 2.90. The highest BCUT2D eigenvalue weighted by Crippen LogP contribution is 2.12. The number of methoxy groups -OCH3 is 1. The predicted molar refractivity (Wildman–Crippen MR) is 101 cm³/mol. The van der Waals surface area contributed by atoms with Gasteiger partial charge in [0.05, 0.1) is 13.7 Å². The van der Waals surface area contributed by atoms with E-state index in [0.29, 0.717) is 6.54 Å². The third kappa shape index (κ3) is 6.09. The van der Waals surface area contributed by atoms with E-state index in [4.69, 9.17) is 9.26 Å². The van der Waals surface area contributed by atoms with Crippen molar-refractivity contribution in [2.24, 2.45) is 4.99 Å². The van der Waals surface area contributed by atoms with Crippen LogP contribution in [0.1, 0.15) is 18.2 Å². The van der Waals surface area contributed by atoms with Gasteiger partial charge in [-0.25, -0.2) is 4.99 Å². The molecule has 1 aromatic heterocycles. The first-order valence-corrected chi connectivity index (χ1v) is 7.24. The molecule has 0 aliphatic heterocycles. The molecule has 0 saturated heterocycles. The van der Waals surface area contributed by atoms with Gasteiger partial charge in [-0.3, -0.25) is 0 Å². The molecule has 1 N–H and O–H groups in total. The van der Waals surface area contributed by atoms with E-state index in [0.717, 1.165) is 30.5 Å². The molecular weight excluding hydrogens is 407 g/mol. The molecule has 2 rings (SSSR count). The highest BCUT2D eigenvalue weighted by atomic mass is 127. The second-order valence-electron chi connectivity index (χ2n) is 4.87. The van der Waals surface area contributed by atoms with Gasteiger partial charge in [0.15, 0.2) is 5.96 Å². The van der Waals surface area contributed by atoms with Gasteiger partial charge in [-0.05, 0) is 24.6 Å². The molecule has 1 aromatic carbocycles. The lowest BCUT2D eigenvalue weighted by Crippen LogP contribution is -2.38. The van der Waals surface area contributed by atoms with E-state index < -0.39 is 0 Å². The number of ether oxygens (including phenoxy) is 1. The van der Waals surface area contributed by atoms with Crippen molar-refractivity contribution in [2.45, 2.75) is 20.0 Å². The fraction of sp³-hybridized carbons (Fsp3) is 0.375. The zero-order valence-corrected chi connectivity index (χ0v) is 16.0. The van der Waals surface area contributed by atoms with Crippen molar-refractivity contribution in [1.29, 1.82) is 0 Å². The molecule has 0 radical (unpaired) electrons. The van der Waals surface area contributed by atoms with E-state index in [1.54, 1.807) is 13.4 Å². The number of rotatable bonds is 6. The van der Waals surface area contributed by atoms with Gasteiger partial charge in [-0.15, -0.1) is 24.0 Å². The molecule has 0 aliphatic carbocycles. The number of nitrogens with one attached hydrogen (secondary N) is 1. The van der Waals surface area contributed by atoms with Crippen LogP contribution in [0.15, 0.2) is 46.1 Å². The molecule has 1 heterocycles. The van der Waals surface area contributed by atoms with Crippen molar-refractivity contribution in [3.63, 3.8) is 0 Å². The Kier molecular flexibility index (Phi) is 8.46. The van der Waals surface area contributed by atoms with Crippen LogP contribution in [0.3, 0.4) is 0 Å². The Hall–Kier alpha value is -1.77. The number of aromatic nitrogens is 1. The molecule has 0 saturated carbocycles. The van der Waals surface area contributed by atoms with Crippen LogP contribution in [-0.4, -0.2) is 36.7 Å². The van der Waals surface area contributed by atoms with Gasteiger partial charge in [-0.2, -0.15) is 0 Å². The molecule has 7 heteroatoms. The van der Waals surface area contributed by atoms with Gasteiger partial charge >= 0.3 is 0 Å². The van der Waals surface area contributed by atoms with E-state index in [-0.39, 0.29) is 24.0 Å². The topological polar surface area (TPSA) is 62.9 Å². The Morgan fingerprint density at radius 3 is 2.61 bits per heavy atom. The third-order valence-corrected chi connectivity index (χ3v) is 3.16. The standard InChI is InChI=1S/C16H22N4O2.HI/c1-4-17-16(18-11-14-9-10-22-19-14)20(2)12-13-5-7-15(21-3)8-6-13;/h5-10H,4,11-12H2,1-3H3,(H,17,18);1H. The molecule has 0 unspecified atom stereocenters. The van der Waals surface area contributed by atoms with E-state index in [1.807, 2.05) is 32.2 Å². The zero-order chi connectivity index (χ0) is 15.8. The maximum atomic E-state index is 5.17. The van der Waals surface area contributed by atoms with Crippen LogP contribution in [0.5, 0.6) is 5.75 Å². The summed E-state index contributed by atoms with van der Waals surface area (Å²) < 4.78 is 9.99. The number of hydrogen-bond acceptors (Lipinski definition) is 4. The van der Waals surface area contributed by atoms with Crippen LogP contribution < -0.4 is 10.1 Å². The van der Waals surface area contributed by atoms with E-state index in [2.05, 4.69) is 32.5 Å². The SMILES string of the molecule is CCNC(=NCc1ccon1)N(C)Cc1ccc(OC)cc1.I. The Bertz CT molecular complexity index is 585. The summed E-state index contributed by atoms with van der Waals surface area (Å²) in [6.07, 6.45) is 1.55. The number of hydrogen-bond donors (Lipinski definition) is 1. The van der Waals surface area contributed by atoms with Crippen LogP contribution >= 0.6 is 24.0 Å². The first kappa shape index (κ1) is 19.3. The summed E-state index contributed by atoms with van der Waals surface area (Å²) in [7, 11) is 3.68. The Morgan fingerprint density at radius 2 is 2.04 bits per heavy atom. The maximum absolute atomic E-state index is 5.17. The average Bonchev–Trinajstić information content (AvgIpc) is 3.05. The van der Waals surface area contributed by atoms with Gasteiger partial charge in [0.1, 0.15) is 17.7 Å². The minimum atomic E-state index is 0. The van der Waals surface area contributed by atoms with Gasteiger partial charge in [0, 0.05) is 26.2 Å². The van der Waals surface area contributed by atoms with Crippen molar-refractivity contribution >= 4 is 29.9 Å². The Balaban J connectivity index is 0.00000264. The monoisotopic (exact) mass is 430 g/mol. The molecule has 0 spiro atoms. The highest BCUT2D eigenvalue weighted by Gasteiger charge is 2.07. The molecule has 0 fully saturated rings. The van der Waals surface area contributed by atoms with Gasteiger partial charge in [0.25, 0.3) is 0 Å². The molecule has 0 bridgehead atoms. The molecule has 2 aromatic rings. The second kappa shape index (κ2) is 10.1. The molecular formula is C16H23IN4O2. The number of halogens is 1. The summed E-state index contributed by atoms with van der Waals surface area (Å²) in [5, 5.41) is 7.15. The van der Waals surface area contributed by atoms with Crippen LogP contribution in [0.4, 0.5) is 0 Å². The van der Waals surface area contributed by atoms with Crippen molar-refractivity contribution in [1.82, 2.24) is 15.4 Å². The zero-order valence-electron chi connectivity index (χ0n) is 13.7. The van der Waals surface area contributed by atoms with Crippen molar-refractivity contribution < 1.29 is 9.26 Å². The normalized spacial score (nSPS) is 10.8. The van der Waals surface area contributed by atoms with Crippen LogP contribution in [0.2, 0.25) is 0 Å². The summed E-state index contributed by atoms with van der Waals surface area (Å²) in [5.74, 6) is 1.69. The average molecular weight is 430 g/mol. The summed E-state index contributed by atoms with van der Waals surface area (Å²) >= 11 is 0. The number of benzene rings is 1. The third-order valence-electron chi connectivity index (χ3n) is 3.16. The van der Waals surface area contributed by atoms with E-state index >= 15 is 0 Å². The van der Waals surface area contributed by atoms with E-state index in [9.17, 15) is 0 Å². The largest absolute Gasteiger partial charge is 0.497 e. The first-order chi connectivity index (χ1) is 10.7. The van der Waals surface area contributed by atoms with Crippen LogP contribution in [0, 0.1) is 0 Å². The summed E-state index contributed by atoms with van der Waals surface area (Å²) in [4.78, 5) is 6.64. The molecule has 0 atom stereocenters. The summed E-state index contributed by atoms with van der Waals surface area (Å²) in [6.45, 7) is 4.11. The van der Waals surface area contributed by atoms with Gasteiger partial charge < -0.3 is 19.5 Å². The Labute approximate surface area is 153 Å². The quantitative estimate of drug-likeness (QED) is 0.434.